The monoisotopic (exact) mass is 368 g/mol. The van der Waals surface area contributed by atoms with Gasteiger partial charge in [0.1, 0.15) is 0 Å². The van der Waals surface area contributed by atoms with E-state index in [1.807, 2.05) is 12.1 Å². The molecule has 1 rings (SSSR count). The van der Waals surface area contributed by atoms with E-state index in [2.05, 4.69) is 10.6 Å². The number of amides is 2. The highest BCUT2D eigenvalue weighted by molar-refractivity contribution is 8.00. The van der Waals surface area contributed by atoms with Crippen LogP contribution in [0.5, 0.6) is 0 Å². The zero-order valence-electron chi connectivity index (χ0n) is 14.8. The van der Waals surface area contributed by atoms with E-state index in [0.717, 1.165) is 4.90 Å². The normalized spacial score (nSPS) is 14.2. The van der Waals surface area contributed by atoms with Gasteiger partial charge in [-0.05, 0) is 38.1 Å². The Kier molecular flexibility index (Phi) is 7.92. The van der Waals surface area contributed by atoms with Gasteiger partial charge in [0, 0.05) is 24.6 Å². The van der Waals surface area contributed by atoms with Crippen LogP contribution in [0.3, 0.4) is 0 Å². The van der Waals surface area contributed by atoms with Crippen LogP contribution in [0, 0.1) is 0 Å². The number of hydrogen-bond donors (Lipinski definition) is 3. The minimum Gasteiger partial charge on any atom is -0.481 e. The number of benzene rings is 1. The molecule has 0 heterocycles. The molecule has 2 amide bonds. The molecule has 7 nitrogen and oxygen atoms in total. The van der Waals surface area contributed by atoms with E-state index in [0.29, 0.717) is 5.69 Å². The zero-order valence-corrected chi connectivity index (χ0v) is 15.6. The van der Waals surface area contributed by atoms with Crippen LogP contribution >= 0.6 is 11.8 Å². The van der Waals surface area contributed by atoms with Crippen LogP contribution in [0.4, 0.5) is 5.69 Å². The van der Waals surface area contributed by atoms with Gasteiger partial charge in [-0.2, -0.15) is 0 Å². The number of anilines is 1. The number of methoxy groups -OCH3 is 1. The van der Waals surface area contributed by atoms with Crippen molar-refractivity contribution in [2.45, 2.75) is 42.9 Å². The number of carboxylic acids is 1. The molecule has 25 heavy (non-hydrogen) atoms. The lowest BCUT2D eigenvalue weighted by Gasteiger charge is -2.29. The number of carbonyl (C=O) groups excluding carboxylic acids is 2. The quantitative estimate of drug-likeness (QED) is 0.577. The lowest BCUT2D eigenvalue weighted by molar-refractivity contribution is -0.139. The molecule has 0 aliphatic rings. The van der Waals surface area contributed by atoms with Crippen molar-refractivity contribution < 1.29 is 24.2 Å². The highest BCUT2D eigenvalue weighted by Crippen LogP contribution is 2.25. The summed E-state index contributed by atoms with van der Waals surface area (Å²) < 4.78 is 5.03. The lowest BCUT2D eigenvalue weighted by atomic mass is 9.99. The molecule has 0 spiro atoms. The standard InChI is InChI=1S/C17H24N2O5S/c1-11(16(23)19-17(3,10-24-4)9-15(21)22)25-14-7-5-13(6-8-14)18-12(2)20/h5-8,11H,9-10H2,1-4H3,(H,18,20)(H,19,23)(H,21,22). The Morgan fingerprint density at radius 3 is 2.36 bits per heavy atom. The van der Waals surface area contributed by atoms with Gasteiger partial charge in [0.05, 0.1) is 23.8 Å². The van der Waals surface area contributed by atoms with E-state index in [4.69, 9.17) is 9.84 Å². The number of nitrogens with one attached hydrogen (secondary N) is 2. The number of carbonyl (C=O) groups is 3. The summed E-state index contributed by atoms with van der Waals surface area (Å²) in [4.78, 5) is 35.3. The van der Waals surface area contributed by atoms with Crippen LogP contribution in [-0.2, 0) is 19.1 Å². The number of aliphatic carboxylic acids is 1. The Morgan fingerprint density at radius 1 is 1.28 bits per heavy atom. The fourth-order valence-electron chi connectivity index (χ4n) is 2.26. The first-order valence-electron chi connectivity index (χ1n) is 7.72. The van der Waals surface area contributed by atoms with E-state index in [1.165, 1.54) is 25.8 Å². The van der Waals surface area contributed by atoms with Gasteiger partial charge in [0.15, 0.2) is 0 Å². The van der Waals surface area contributed by atoms with E-state index in [1.54, 1.807) is 26.0 Å². The molecule has 0 aromatic heterocycles. The van der Waals surface area contributed by atoms with Crippen LogP contribution in [0.1, 0.15) is 27.2 Å². The molecule has 2 atom stereocenters. The molecule has 0 bridgehead atoms. The average molecular weight is 368 g/mol. The van der Waals surface area contributed by atoms with Crippen molar-refractivity contribution in [3.05, 3.63) is 24.3 Å². The Hall–Kier alpha value is -2.06. The minimum atomic E-state index is -1.01. The van der Waals surface area contributed by atoms with Crippen molar-refractivity contribution in [1.29, 1.82) is 0 Å². The van der Waals surface area contributed by atoms with Gasteiger partial charge in [0.2, 0.25) is 11.8 Å². The second-order valence-corrected chi connectivity index (χ2v) is 7.43. The van der Waals surface area contributed by atoms with Crippen LogP contribution in [0.2, 0.25) is 0 Å². The van der Waals surface area contributed by atoms with Crippen molar-refractivity contribution in [2.24, 2.45) is 0 Å². The van der Waals surface area contributed by atoms with Crippen LogP contribution in [0.15, 0.2) is 29.2 Å². The third-order valence-corrected chi connectivity index (χ3v) is 4.40. The first kappa shape index (κ1) is 21.0. The van der Waals surface area contributed by atoms with Crippen LogP contribution in [0.25, 0.3) is 0 Å². The van der Waals surface area contributed by atoms with Crippen molar-refractivity contribution in [3.8, 4) is 0 Å². The molecule has 0 saturated heterocycles. The number of ether oxygens (including phenoxy) is 1. The maximum atomic E-state index is 12.4. The molecule has 0 fully saturated rings. The largest absolute Gasteiger partial charge is 0.481 e. The highest BCUT2D eigenvalue weighted by atomic mass is 32.2. The first-order chi connectivity index (χ1) is 11.6. The summed E-state index contributed by atoms with van der Waals surface area (Å²) in [6.45, 7) is 4.93. The van der Waals surface area contributed by atoms with E-state index >= 15 is 0 Å². The Morgan fingerprint density at radius 2 is 1.88 bits per heavy atom. The summed E-state index contributed by atoms with van der Waals surface area (Å²) in [5.41, 5.74) is -0.287. The predicted molar refractivity (Wildman–Crippen MR) is 96.7 cm³/mol. The van der Waals surface area contributed by atoms with E-state index in [-0.39, 0.29) is 24.8 Å². The zero-order chi connectivity index (χ0) is 19.0. The average Bonchev–Trinajstić information content (AvgIpc) is 2.47. The molecular weight excluding hydrogens is 344 g/mol. The Bertz CT molecular complexity index is 620. The van der Waals surface area contributed by atoms with Crippen molar-refractivity contribution in [2.75, 3.05) is 19.0 Å². The van der Waals surface area contributed by atoms with Crippen molar-refractivity contribution in [3.63, 3.8) is 0 Å². The number of hydrogen-bond acceptors (Lipinski definition) is 5. The van der Waals surface area contributed by atoms with Gasteiger partial charge >= 0.3 is 5.97 Å². The van der Waals surface area contributed by atoms with E-state index < -0.39 is 16.8 Å². The third kappa shape index (κ3) is 7.57. The summed E-state index contributed by atoms with van der Waals surface area (Å²) in [5.74, 6) is -1.42. The van der Waals surface area contributed by atoms with Gasteiger partial charge in [-0.1, -0.05) is 0 Å². The second-order valence-electron chi connectivity index (χ2n) is 6.02. The molecule has 0 aliphatic heterocycles. The molecule has 3 N–H and O–H groups in total. The summed E-state index contributed by atoms with van der Waals surface area (Å²) >= 11 is 1.34. The smallest absolute Gasteiger partial charge is 0.305 e. The minimum absolute atomic E-state index is 0.105. The molecule has 1 aromatic rings. The van der Waals surface area contributed by atoms with Gasteiger partial charge in [0.25, 0.3) is 0 Å². The number of thioether (sulfide) groups is 1. The lowest BCUT2D eigenvalue weighted by Crippen LogP contribution is -2.52. The van der Waals surface area contributed by atoms with Crippen LogP contribution < -0.4 is 10.6 Å². The molecule has 138 valence electrons. The number of rotatable bonds is 9. The van der Waals surface area contributed by atoms with Gasteiger partial charge in [-0.3, -0.25) is 14.4 Å². The fraction of sp³-hybridized carbons (Fsp3) is 0.471. The second kappa shape index (κ2) is 9.43. The number of carboxylic acid groups (broad SMARTS) is 1. The summed E-state index contributed by atoms with van der Waals surface area (Å²) in [6.07, 6.45) is -0.227. The summed E-state index contributed by atoms with van der Waals surface area (Å²) in [6, 6.07) is 7.14. The first-order valence-corrected chi connectivity index (χ1v) is 8.60. The Labute approximate surface area is 151 Å². The molecule has 8 heteroatoms. The topological polar surface area (TPSA) is 105 Å². The maximum Gasteiger partial charge on any atom is 0.305 e. The van der Waals surface area contributed by atoms with Gasteiger partial charge in [-0.15, -0.1) is 11.8 Å². The highest BCUT2D eigenvalue weighted by Gasteiger charge is 2.31. The molecule has 1 aromatic carbocycles. The van der Waals surface area contributed by atoms with Gasteiger partial charge < -0.3 is 20.5 Å². The third-order valence-electron chi connectivity index (χ3n) is 3.29. The summed E-state index contributed by atoms with van der Waals surface area (Å²) in [5, 5.41) is 14.0. The molecule has 2 unspecified atom stereocenters. The van der Waals surface area contributed by atoms with E-state index in [9.17, 15) is 14.4 Å². The molecule has 0 saturated carbocycles. The van der Waals surface area contributed by atoms with Crippen molar-refractivity contribution >= 4 is 35.2 Å². The maximum absolute atomic E-state index is 12.4. The molecule has 0 aliphatic carbocycles. The fourth-order valence-corrected chi connectivity index (χ4v) is 3.13. The summed E-state index contributed by atoms with van der Waals surface area (Å²) in [7, 11) is 1.46. The Balaban J connectivity index is 2.68. The van der Waals surface area contributed by atoms with Crippen LogP contribution in [-0.4, -0.2) is 47.4 Å². The molecule has 0 radical (unpaired) electrons. The van der Waals surface area contributed by atoms with Crippen molar-refractivity contribution in [1.82, 2.24) is 5.32 Å². The predicted octanol–water partition coefficient (Wildman–Crippen LogP) is 2.12. The SMILES string of the molecule is COCC(C)(CC(=O)O)NC(=O)C(C)Sc1ccc(NC(C)=O)cc1. The van der Waals surface area contributed by atoms with Gasteiger partial charge in [-0.25, -0.2) is 0 Å². The molecular formula is C17H24N2O5S.